The number of nitrogens with zero attached hydrogens (tertiary/aromatic N) is 1. The van der Waals surface area contributed by atoms with Crippen LogP contribution in [0.25, 0.3) is 0 Å². The molecule has 0 aromatic carbocycles. The minimum Gasteiger partial charge on any atom is -0.378 e. The molecule has 2 rings (SSSR count). The van der Waals surface area contributed by atoms with Crippen LogP contribution in [0.5, 0.6) is 0 Å². The summed E-state index contributed by atoms with van der Waals surface area (Å²) in [5.74, 6) is 0.102. The smallest absolute Gasteiger partial charge is 0.242 e. The van der Waals surface area contributed by atoms with E-state index < -0.39 is 5.54 Å². The van der Waals surface area contributed by atoms with E-state index >= 15 is 0 Å². The number of rotatable bonds is 4. The summed E-state index contributed by atoms with van der Waals surface area (Å²) >= 11 is 0. The highest BCUT2D eigenvalue weighted by molar-refractivity contribution is 5.89. The SMILES string of the molecule is CCO[C@H]1C[C@@H](N(C)C(=O)C2(N)CC2)C1(C)C. The Morgan fingerprint density at radius 1 is 1.47 bits per heavy atom. The van der Waals surface area contributed by atoms with Crippen LogP contribution >= 0.6 is 0 Å². The Kier molecular flexibility index (Phi) is 2.99. The normalized spacial score (nSPS) is 32.8. The van der Waals surface area contributed by atoms with Crippen molar-refractivity contribution in [2.75, 3.05) is 13.7 Å². The molecule has 0 heterocycles. The first-order valence-corrected chi connectivity index (χ1v) is 6.50. The van der Waals surface area contributed by atoms with Gasteiger partial charge in [-0.05, 0) is 26.2 Å². The van der Waals surface area contributed by atoms with Crippen LogP contribution in [0.3, 0.4) is 0 Å². The average molecular weight is 240 g/mol. The van der Waals surface area contributed by atoms with Gasteiger partial charge in [-0.2, -0.15) is 0 Å². The van der Waals surface area contributed by atoms with Crippen molar-refractivity contribution in [2.45, 2.75) is 57.7 Å². The third-order valence-electron chi connectivity index (χ3n) is 4.50. The fraction of sp³-hybridized carbons (Fsp3) is 0.923. The second kappa shape index (κ2) is 3.95. The highest BCUT2D eigenvalue weighted by atomic mass is 16.5. The highest BCUT2D eigenvalue weighted by Crippen LogP contribution is 2.47. The maximum Gasteiger partial charge on any atom is 0.242 e. The van der Waals surface area contributed by atoms with Gasteiger partial charge < -0.3 is 15.4 Å². The first-order chi connectivity index (χ1) is 7.83. The fourth-order valence-electron chi connectivity index (χ4n) is 2.85. The Hall–Kier alpha value is -0.610. The third kappa shape index (κ3) is 1.97. The van der Waals surface area contributed by atoms with Crippen molar-refractivity contribution in [1.29, 1.82) is 0 Å². The minimum absolute atomic E-state index is 0.0334. The molecule has 0 bridgehead atoms. The van der Waals surface area contributed by atoms with Crippen LogP contribution in [0, 0.1) is 5.41 Å². The van der Waals surface area contributed by atoms with Crippen LogP contribution in [0.1, 0.15) is 40.0 Å². The zero-order chi connectivity index (χ0) is 12.8. The Labute approximate surface area is 103 Å². The second-order valence-electron chi connectivity index (χ2n) is 6.09. The van der Waals surface area contributed by atoms with E-state index in [1.165, 1.54) is 0 Å². The molecule has 2 aliphatic carbocycles. The van der Waals surface area contributed by atoms with Crippen LogP contribution in [0.2, 0.25) is 0 Å². The zero-order valence-electron chi connectivity index (χ0n) is 11.3. The fourth-order valence-corrected chi connectivity index (χ4v) is 2.85. The predicted molar refractivity (Wildman–Crippen MR) is 66.5 cm³/mol. The van der Waals surface area contributed by atoms with E-state index in [4.69, 9.17) is 10.5 Å². The summed E-state index contributed by atoms with van der Waals surface area (Å²) < 4.78 is 5.69. The molecule has 0 aromatic rings. The Bertz CT molecular complexity index is 323. The van der Waals surface area contributed by atoms with E-state index in [0.29, 0.717) is 0 Å². The summed E-state index contributed by atoms with van der Waals surface area (Å²) in [5.41, 5.74) is 5.45. The first kappa shape index (κ1) is 12.8. The average Bonchev–Trinajstić information content (AvgIpc) is 3.01. The Balaban J connectivity index is 1.98. The van der Waals surface area contributed by atoms with Crippen molar-refractivity contribution >= 4 is 5.91 Å². The first-order valence-electron chi connectivity index (χ1n) is 6.50. The van der Waals surface area contributed by atoms with E-state index in [0.717, 1.165) is 25.9 Å². The van der Waals surface area contributed by atoms with Crippen LogP contribution in [0.15, 0.2) is 0 Å². The molecule has 4 heteroatoms. The summed E-state index contributed by atoms with van der Waals surface area (Å²) in [6, 6.07) is 0.257. The van der Waals surface area contributed by atoms with Gasteiger partial charge in [-0.15, -0.1) is 0 Å². The molecule has 0 aromatic heterocycles. The van der Waals surface area contributed by atoms with Crippen LogP contribution < -0.4 is 5.73 Å². The number of amides is 1. The molecule has 2 aliphatic rings. The molecule has 98 valence electrons. The van der Waals surface area contributed by atoms with Crippen molar-refractivity contribution in [3.05, 3.63) is 0 Å². The van der Waals surface area contributed by atoms with Gasteiger partial charge in [0.05, 0.1) is 11.6 Å². The third-order valence-corrected chi connectivity index (χ3v) is 4.50. The molecule has 2 atom stereocenters. The van der Waals surface area contributed by atoms with Crippen LogP contribution in [-0.4, -0.2) is 42.1 Å². The molecule has 17 heavy (non-hydrogen) atoms. The maximum absolute atomic E-state index is 12.2. The summed E-state index contributed by atoms with van der Waals surface area (Å²) in [7, 11) is 1.88. The molecule has 0 aliphatic heterocycles. The summed E-state index contributed by atoms with van der Waals surface area (Å²) in [5, 5.41) is 0. The molecule has 0 unspecified atom stereocenters. The largest absolute Gasteiger partial charge is 0.378 e. The van der Waals surface area contributed by atoms with Crippen LogP contribution in [0.4, 0.5) is 0 Å². The van der Waals surface area contributed by atoms with E-state index in [2.05, 4.69) is 13.8 Å². The number of likely N-dealkylation sites (N-methyl/N-ethyl adjacent to an activating group) is 1. The van der Waals surface area contributed by atoms with Gasteiger partial charge in [0.2, 0.25) is 5.91 Å². The summed E-state index contributed by atoms with van der Waals surface area (Å²) in [6.07, 6.45) is 2.86. The van der Waals surface area contributed by atoms with Crippen molar-refractivity contribution in [3.8, 4) is 0 Å². The lowest BCUT2D eigenvalue weighted by Gasteiger charge is -2.55. The number of nitrogens with two attached hydrogens (primary N) is 1. The second-order valence-corrected chi connectivity index (χ2v) is 6.09. The van der Waals surface area contributed by atoms with E-state index in [-0.39, 0.29) is 23.5 Å². The van der Waals surface area contributed by atoms with E-state index in [1.54, 1.807) is 0 Å². The summed E-state index contributed by atoms with van der Waals surface area (Å²) in [4.78, 5) is 14.0. The van der Waals surface area contributed by atoms with Crippen molar-refractivity contribution in [2.24, 2.45) is 11.1 Å². The number of ether oxygens (including phenoxy) is 1. The minimum atomic E-state index is -0.554. The lowest BCUT2D eigenvalue weighted by molar-refractivity contribution is -0.165. The Morgan fingerprint density at radius 2 is 2.06 bits per heavy atom. The van der Waals surface area contributed by atoms with Crippen LogP contribution in [-0.2, 0) is 9.53 Å². The van der Waals surface area contributed by atoms with Gasteiger partial charge in [0, 0.05) is 25.1 Å². The monoisotopic (exact) mass is 240 g/mol. The number of hydrogen-bond donors (Lipinski definition) is 1. The lowest BCUT2D eigenvalue weighted by atomic mass is 9.63. The van der Waals surface area contributed by atoms with Gasteiger partial charge in [-0.25, -0.2) is 0 Å². The molecule has 2 fully saturated rings. The summed E-state index contributed by atoms with van der Waals surface area (Å²) in [6.45, 7) is 7.08. The van der Waals surface area contributed by atoms with Gasteiger partial charge in [0.1, 0.15) is 0 Å². The molecule has 2 saturated carbocycles. The molecular weight excluding hydrogens is 216 g/mol. The number of carbonyl (C=O) groups excluding carboxylic acids is 1. The van der Waals surface area contributed by atoms with Gasteiger partial charge >= 0.3 is 0 Å². The molecule has 0 saturated heterocycles. The number of hydrogen-bond acceptors (Lipinski definition) is 3. The van der Waals surface area contributed by atoms with Gasteiger partial charge in [-0.3, -0.25) is 4.79 Å². The van der Waals surface area contributed by atoms with E-state index in [9.17, 15) is 4.79 Å². The van der Waals surface area contributed by atoms with Gasteiger partial charge in [0.15, 0.2) is 0 Å². The molecular formula is C13H24N2O2. The molecule has 2 N–H and O–H groups in total. The molecule has 0 radical (unpaired) electrons. The standard InChI is InChI=1S/C13H24N2O2/c1-5-17-10-8-9(12(10,2)3)15(4)11(16)13(14)6-7-13/h9-10H,5-8,14H2,1-4H3/t9-,10+/m1/s1. The molecule has 4 nitrogen and oxygen atoms in total. The molecule has 1 amide bonds. The number of carbonyl (C=O) groups is 1. The van der Waals surface area contributed by atoms with Crippen molar-refractivity contribution in [1.82, 2.24) is 4.90 Å². The maximum atomic E-state index is 12.2. The lowest BCUT2D eigenvalue weighted by Crippen LogP contribution is -2.64. The van der Waals surface area contributed by atoms with Crippen molar-refractivity contribution < 1.29 is 9.53 Å². The van der Waals surface area contributed by atoms with Gasteiger partial charge in [0.25, 0.3) is 0 Å². The van der Waals surface area contributed by atoms with E-state index in [1.807, 2.05) is 18.9 Å². The van der Waals surface area contributed by atoms with Crippen molar-refractivity contribution in [3.63, 3.8) is 0 Å². The van der Waals surface area contributed by atoms with Gasteiger partial charge in [-0.1, -0.05) is 13.8 Å². The Morgan fingerprint density at radius 3 is 2.47 bits per heavy atom. The quantitative estimate of drug-likeness (QED) is 0.801. The highest BCUT2D eigenvalue weighted by Gasteiger charge is 2.55. The topological polar surface area (TPSA) is 55.6 Å². The zero-order valence-corrected chi connectivity index (χ0v) is 11.3. The molecule has 0 spiro atoms. The predicted octanol–water partition coefficient (Wildman–Crippen LogP) is 1.14.